The van der Waals surface area contributed by atoms with Crippen molar-refractivity contribution < 1.29 is 22.7 Å². The van der Waals surface area contributed by atoms with Crippen LogP contribution in [0.4, 0.5) is 17.6 Å². The second kappa shape index (κ2) is 3.32. The van der Waals surface area contributed by atoms with Gasteiger partial charge in [-0.1, -0.05) is 0 Å². The Morgan fingerprint density at radius 1 is 1.23 bits per heavy atom. The van der Waals surface area contributed by atoms with Crippen LogP contribution in [0.15, 0.2) is 12.1 Å². The lowest BCUT2D eigenvalue weighted by Crippen LogP contribution is -2.06. The summed E-state index contributed by atoms with van der Waals surface area (Å²) in [6, 6.07) is 1.60. The predicted molar refractivity (Wildman–Crippen MR) is 45.8 cm³/mol. The van der Waals surface area contributed by atoms with E-state index >= 15 is 0 Å². The fraction of sp³-hybridized carbons (Fsp3) is 0.143. The van der Waals surface area contributed by atoms with E-state index in [0.29, 0.717) is 6.07 Å². The quantitative estimate of drug-likeness (QED) is 0.577. The number of aromatic hydroxyl groups is 1. The third-order valence-corrected chi connectivity index (χ3v) is 2.21. The minimum absolute atomic E-state index is 0.0527. The summed E-state index contributed by atoms with van der Waals surface area (Å²) in [5, 5.41) is 8.81. The predicted octanol–water partition coefficient (Wildman–Crippen LogP) is 3.15. The maximum absolute atomic E-state index is 12.8. The maximum Gasteiger partial charge on any atom is 0.420 e. The molecule has 0 aliphatic heterocycles. The van der Waals surface area contributed by atoms with E-state index in [-0.39, 0.29) is 3.57 Å². The van der Waals surface area contributed by atoms with Gasteiger partial charge in [-0.25, -0.2) is 4.39 Å². The van der Waals surface area contributed by atoms with Gasteiger partial charge in [0.05, 0.1) is 3.57 Å². The SMILES string of the molecule is Oc1c(C(F)(F)F)ccc(I)c1F. The highest BCUT2D eigenvalue weighted by molar-refractivity contribution is 14.1. The average Bonchev–Trinajstić information content (AvgIpc) is 1.98. The van der Waals surface area contributed by atoms with Crippen LogP contribution in [0.5, 0.6) is 5.75 Å². The Bertz CT molecular complexity index is 334. The number of phenols is 1. The molecule has 0 atom stereocenters. The average molecular weight is 306 g/mol. The number of rotatable bonds is 0. The highest BCUT2D eigenvalue weighted by atomic mass is 127. The van der Waals surface area contributed by atoms with Crippen LogP contribution in [0.3, 0.4) is 0 Å². The molecule has 1 N–H and O–H groups in total. The molecular weight excluding hydrogens is 303 g/mol. The molecule has 0 spiro atoms. The highest BCUT2D eigenvalue weighted by Crippen LogP contribution is 2.37. The Labute approximate surface area is 84.5 Å². The van der Waals surface area contributed by atoms with Crippen molar-refractivity contribution in [3.63, 3.8) is 0 Å². The van der Waals surface area contributed by atoms with Crippen molar-refractivity contribution in [3.8, 4) is 5.75 Å². The second-order valence-corrected chi connectivity index (χ2v) is 3.42. The minimum Gasteiger partial charge on any atom is -0.504 e. The smallest absolute Gasteiger partial charge is 0.420 e. The van der Waals surface area contributed by atoms with E-state index in [1.807, 2.05) is 0 Å². The Morgan fingerprint density at radius 3 is 2.23 bits per heavy atom. The second-order valence-electron chi connectivity index (χ2n) is 2.26. The van der Waals surface area contributed by atoms with Crippen molar-refractivity contribution in [1.82, 2.24) is 0 Å². The summed E-state index contributed by atoms with van der Waals surface area (Å²) in [4.78, 5) is 0. The lowest BCUT2D eigenvalue weighted by Gasteiger charge is -2.09. The van der Waals surface area contributed by atoms with Crippen molar-refractivity contribution in [2.24, 2.45) is 0 Å². The first kappa shape index (κ1) is 10.6. The zero-order valence-electron chi connectivity index (χ0n) is 5.99. The molecule has 0 fully saturated rings. The van der Waals surface area contributed by atoms with Crippen molar-refractivity contribution >= 4 is 22.6 Å². The first-order chi connectivity index (χ1) is 5.84. The van der Waals surface area contributed by atoms with Gasteiger partial charge in [0.2, 0.25) is 0 Å². The molecule has 0 radical (unpaired) electrons. The van der Waals surface area contributed by atoms with Gasteiger partial charge in [-0.3, -0.25) is 0 Å². The summed E-state index contributed by atoms with van der Waals surface area (Å²) in [7, 11) is 0. The van der Waals surface area contributed by atoms with Crippen LogP contribution in [0.25, 0.3) is 0 Å². The normalized spacial score (nSPS) is 11.8. The fourth-order valence-corrected chi connectivity index (χ4v) is 1.20. The molecule has 0 heterocycles. The van der Waals surface area contributed by atoms with E-state index < -0.39 is 23.3 Å². The number of phenolic OH excluding ortho intramolecular Hbond substituents is 1. The number of halogens is 5. The van der Waals surface area contributed by atoms with Gasteiger partial charge in [-0.05, 0) is 34.7 Å². The number of alkyl halides is 3. The van der Waals surface area contributed by atoms with Crippen LogP contribution in [0, 0.1) is 9.39 Å². The van der Waals surface area contributed by atoms with Gasteiger partial charge in [0.15, 0.2) is 11.6 Å². The molecular formula is C7H3F4IO. The Balaban J connectivity index is 3.35. The van der Waals surface area contributed by atoms with Crippen molar-refractivity contribution in [2.75, 3.05) is 0 Å². The van der Waals surface area contributed by atoms with Crippen LogP contribution < -0.4 is 0 Å². The number of benzene rings is 1. The third kappa shape index (κ3) is 2.04. The largest absolute Gasteiger partial charge is 0.504 e. The standard InChI is InChI=1S/C7H3F4IO/c8-5-4(12)2-1-3(6(5)13)7(9,10)11/h1-2,13H. The molecule has 1 rings (SSSR count). The van der Waals surface area contributed by atoms with Gasteiger partial charge in [-0.2, -0.15) is 13.2 Å². The Hall–Kier alpha value is -0.530. The zero-order valence-corrected chi connectivity index (χ0v) is 8.15. The summed E-state index contributed by atoms with van der Waals surface area (Å²) < 4.78 is 48.8. The summed E-state index contributed by atoms with van der Waals surface area (Å²) in [6.45, 7) is 0. The monoisotopic (exact) mass is 306 g/mol. The molecule has 13 heavy (non-hydrogen) atoms. The molecule has 0 bridgehead atoms. The molecule has 0 unspecified atom stereocenters. The van der Waals surface area contributed by atoms with E-state index in [2.05, 4.69) is 0 Å². The molecule has 0 amide bonds. The van der Waals surface area contributed by atoms with E-state index in [4.69, 9.17) is 5.11 Å². The maximum atomic E-state index is 12.8. The van der Waals surface area contributed by atoms with E-state index in [1.165, 1.54) is 22.6 Å². The van der Waals surface area contributed by atoms with Crippen LogP contribution in [-0.4, -0.2) is 5.11 Å². The van der Waals surface area contributed by atoms with Crippen LogP contribution in [0.1, 0.15) is 5.56 Å². The molecule has 6 heteroatoms. The van der Waals surface area contributed by atoms with E-state index in [0.717, 1.165) is 6.07 Å². The highest BCUT2D eigenvalue weighted by Gasteiger charge is 2.35. The molecule has 0 aliphatic carbocycles. The van der Waals surface area contributed by atoms with Gasteiger partial charge in [-0.15, -0.1) is 0 Å². The molecule has 1 aromatic rings. The lowest BCUT2D eigenvalue weighted by atomic mass is 10.2. The summed E-state index contributed by atoms with van der Waals surface area (Å²) in [5.74, 6) is -2.59. The number of hydrogen-bond donors (Lipinski definition) is 1. The van der Waals surface area contributed by atoms with Gasteiger partial charge in [0.1, 0.15) is 5.56 Å². The molecule has 1 nitrogen and oxygen atoms in total. The van der Waals surface area contributed by atoms with E-state index in [1.54, 1.807) is 0 Å². The van der Waals surface area contributed by atoms with Gasteiger partial charge in [0.25, 0.3) is 0 Å². The van der Waals surface area contributed by atoms with Crippen molar-refractivity contribution in [1.29, 1.82) is 0 Å². The first-order valence-corrected chi connectivity index (χ1v) is 4.16. The van der Waals surface area contributed by atoms with Crippen LogP contribution in [-0.2, 0) is 6.18 Å². The Morgan fingerprint density at radius 2 is 1.77 bits per heavy atom. The van der Waals surface area contributed by atoms with Crippen LogP contribution in [0.2, 0.25) is 0 Å². The summed E-state index contributed by atoms with van der Waals surface area (Å²) in [5.41, 5.74) is -1.36. The molecule has 1 aromatic carbocycles. The van der Waals surface area contributed by atoms with Gasteiger partial charge in [0, 0.05) is 0 Å². The zero-order chi connectivity index (χ0) is 10.2. The third-order valence-electron chi connectivity index (χ3n) is 1.37. The van der Waals surface area contributed by atoms with Crippen molar-refractivity contribution in [3.05, 3.63) is 27.1 Å². The lowest BCUT2D eigenvalue weighted by molar-refractivity contribution is -0.139. The molecule has 72 valence electrons. The summed E-state index contributed by atoms with van der Waals surface area (Å²) >= 11 is 1.49. The molecule has 0 saturated heterocycles. The van der Waals surface area contributed by atoms with Crippen molar-refractivity contribution in [2.45, 2.75) is 6.18 Å². The topological polar surface area (TPSA) is 20.2 Å². The minimum atomic E-state index is -4.73. The van der Waals surface area contributed by atoms with E-state index in [9.17, 15) is 17.6 Å². The fourth-order valence-electron chi connectivity index (χ4n) is 0.769. The molecule has 0 aliphatic rings. The Kier molecular flexibility index (Phi) is 2.69. The molecule has 0 aromatic heterocycles. The number of hydrogen-bond acceptors (Lipinski definition) is 1. The van der Waals surface area contributed by atoms with Crippen LogP contribution >= 0.6 is 22.6 Å². The first-order valence-electron chi connectivity index (χ1n) is 3.08. The summed E-state index contributed by atoms with van der Waals surface area (Å²) in [6.07, 6.45) is -4.73. The van der Waals surface area contributed by atoms with Gasteiger partial charge < -0.3 is 5.11 Å². The molecule has 0 saturated carbocycles. The van der Waals surface area contributed by atoms with Gasteiger partial charge >= 0.3 is 6.18 Å².